The van der Waals surface area contributed by atoms with Crippen LogP contribution >= 0.6 is 0 Å². The monoisotopic (exact) mass is 340 g/mol. The van der Waals surface area contributed by atoms with Crippen LogP contribution in [0.25, 0.3) is 0 Å². The Morgan fingerprint density at radius 1 is 0.760 bits per heavy atom. The van der Waals surface area contributed by atoms with E-state index in [1.807, 2.05) is 6.07 Å². The second-order valence-corrected chi connectivity index (χ2v) is 5.83. The van der Waals surface area contributed by atoms with Crippen LogP contribution in [-0.2, 0) is 4.74 Å². The van der Waals surface area contributed by atoms with Crippen molar-refractivity contribution >= 4 is 11.9 Å². The SMILES string of the molecule is CCCCCCCOC(=O)c1ccc(OC(=O)c2ccccc2)cc1. The largest absolute Gasteiger partial charge is 0.462 e. The molecule has 0 aromatic heterocycles. The minimum Gasteiger partial charge on any atom is -0.462 e. The summed E-state index contributed by atoms with van der Waals surface area (Å²) in [4.78, 5) is 23.9. The molecular formula is C21H24O4. The molecule has 0 N–H and O–H groups in total. The summed E-state index contributed by atoms with van der Waals surface area (Å²) >= 11 is 0. The zero-order chi connectivity index (χ0) is 17.9. The third kappa shape index (κ3) is 6.42. The molecule has 2 aromatic carbocycles. The summed E-state index contributed by atoms with van der Waals surface area (Å²) in [5.41, 5.74) is 0.933. The number of hydrogen-bond donors (Lipinski definition) is 0. The van der Waals surface area contributed by atoms with E-state index in [-0.39, 0.29) is 5.97 Å². The molecule has 0 heterocycles. The standard InChI is InChI=1S/C21H24O4/c1-2-3-4-5-9-16-24-20(22)18-12-14-19(15-13-18)25-21(23)17-10-7-6-8-11-17/h6-8,10-15H,2-5,9,16H2,1H3. The molecule has 2 rings (SSSR count). The van der Waals surface area contributed by atoms with Gasteiger partial charge in [-0.05, 0) is 42.8 Å². The van der Waals surface area contributed by atoms with Gasteiger partial charge < -0.3 is 9.47 Å². The van der Waals surface area contributed by atoms with Gasteiger partial charge in [0.1, 0.15) is 5.75 Å². The molecule has 0 aliphatic carbocycles. The van der Waals surface area contributed by atoms with Crippen molar-refractivity contribution in [3.63, 3.8) is 0 Å². The van der Waals surface area contributed by atoms with Crippen LogP contribution in [0, 0.1) is 0 Å². The van der Waals surface area contributed by atoms with Gasteiger partial charge in [0.15, 0.2) is 0 Å². The first kappa shape index (κ1) is 18.7. The molecule has 4 heteroatoms. The summed E-state index contributed by atoms with van der Waals surface area (Å²) in [5.74, 6) is -0.385. The first-order chi connectivity index (χ1) is 12.2. The first-order valence-corrected chi connectivity index (χ1v) is 8.75. The number of carbonyl (C=O) groups excluding carboxylic acids is 2. The number of esters is 2. The Morgan fingerprint density at radius 2 is 1.40 bits per heavy atom. The van der Waals surface area contributed by atoms with Crippen molar-refractivity contribution in [2.24, 2.45) is 0 Å². The summed E-state index contributed by atoms with van der Waals surface area (Å²) in [6, 6.07) is 15.2. The molecule has 0 aliphatic heterocycles. The van der Waals surface area contributed by atoms with Gasteiger partial charge in [-0.2, -0.15) is 0 Å². The highest BCUT2D eigenvalue weighted by Crippen LogP contribution is 2.15. The molecule has 25 heavy (non-hydrogen) atoms. The van der Waals surface area contributed by atoms with E-state index >= 15 is 0 Å². The summed E-state index contributed by atoms with van der Waals surface area (Å²) in [5, 5.41) is 0. The van der Waals surface area contributed by atoms with E-state index in [0.29, 0.717) is 23.5 Å². The van der Waals surface area contributed by atoms with Gasteiger partial charge in [-0.15, -0.1) is 0 Å². The van der Waals surface area contributed by atoms with Crippen LogP contribution < -0.4 is 4.74 Å². The fourth-order valence-electron chi connectivity index (χ4n) is 2.35. The Kier molecular flexibility index (Phi) is 7.70. The number of benzene rings is 2. The minimum atomic E-state index is -0.428. The summed E-state index contributed by atoms with van der Waals surface area (Å²) in [6.45, 7) is 2.61. The van der Waals surface area contributed by atoms with E-state index in [4.69, 9.17) is 9.47 Å². The molecule has 2 aromatic rings. The van der Waals surface area contributed by atoms with Gasteiger partial charge in [0.25, 0.3) is 0 Å². The van der Waals surface area contributed by atoms with Crippen molar-refractivity contribution in [2.75, 3.05) is 6.61 Å². The van der Waals surface area contributed by atoms with Gasteiger partial charge in [-0.3, -0.25) is 0 Å². The molecule has 132 valence electrons. The quantitative estimate of drug-likeness (QED) is 0.365. The highest BCUT2D eigenvalue weighted by Gasteiger charge is 2.10. The smallest absolute Gasteiger partial charge is 0.343 e. The Morgan fingerprint density at radius 3 is 2.08 bits per heavy atom. The van der Waals surface area contributed by atoms with Gasteiger partial charge in [0.2, 0.25) is 0 Å². The fourth-order valence-corrected chi connectivity index (χ4v) is 2.35. The predicted molar refractivity (Wildman–Crippen MR) is 96.9 cm³/mol. The fraction of sp³-hybridized carbons (Fsp3) is 0.333. The summed E-state index contributed by atoms with van der Waals surface area (Å²) in [7, 11) is 0. The molecule has 0 aliphatic rings. The van der Waals surface area contributed by atoms with E-state index in [0.717, 1.165) is 12.8 Å². The molecule has 0 bridgehead atoms. The van der Waals surface area contributed by atoms with Crippen LogP contribution in [0.5, 0.6) is 5.75 Å². The average Bonchev–Trinajstić information content (AvgIpc) is 2.65. The molecule has 0 amide bonds. The van der Waals surface area contributed by atoms with Gasteiger partial charge in [0, 0.05) is 0 Å². The number of carbonyl (C=O) groups is 2. The van der Waals surface area contributed by atoms with E-state index in [1.54, 1.807) is 48.5 Å². The Hall–Kier alpha value is -2.62. The van der Waals surface area contributed by atoms with Crippen LogP contribution in [0.2, 0.25) is 0 Å². The maximum absolute atomic E-state index is 12.0. The number of unbranched alkanes of at least 4 members (excludes halogenated alkanes) is 4. The van der Waals surface area contributed by atoms with Gasteiger partial charge in [0.05, 0.1) is 17.7 Å². The Labute approximate surface area is 148 Å². The normalized spacial score (nSPS) is 10.3. The predicted octanol–water partition coefficient (Wildman–Crippen LogP) is 5.03. The van der Waals surface area contributed by atoms with Gasteiger partial charge >= 0.3 is 11.9 Å². The lowest BCUT2D eigenvalue weighted by Gasteiger charge is -2.07. The van der Waals surface area contributed by atoms with Crippen molar-refractivity contribution < 1.29 is 19.1 Å². The molecule has 0 atom stereocenters. The van der Waals surface area contributed by atoms with Crippen LogP contribution in [0.4, 0.5) is 0 Å². The topological polar surface area (TPSA) is 52.6 Å². The molecule has 0 radical (unpaired) electrons. The number of rotatable bonds is 9. The zero-order valence-corrected chi connectivity index (χ0v) is 14.6. The Balaban J connectivity index is 1.79. The number of hydrogen-bond acceptors (Lipinski definition) is 4. The lowest BCUT2D eigenvalue weighted by Crippen LogP contribution is -2.09. The Bertz CT molecular complexity index is 662. The van der Waals surface area contributed by atoms with Crippen molar-refractivity contribution in [2.45, 2.75) is 39.0 Å². The zero-order valence-electron chi connectivity index (χ0n) is 14.6. The second-order valence-electron chi connectivity index (χ2n) is 5.83. The first-order valence-electron chi connectivity index (χ1n) is 8.75. The molecular weight excluding hydrogens is 316 g/mol. The van der Waals surface area contributed by atoms with Crippen molar-refractivity contribution in [1.29, 1.82) is 0 Å². The van der Waals surface area contributed by atoms with Crippen molar-refractivity contribution in [3.8, 4) is 5.75 Å². The third-order valence-electron chi connectivity index (χ3n) is 3.79. The van der Waals surface area contributed by atoms with Crippen LogP contribution in [0.15, 0.2) is 54.6 Å². The second kappa shape index (κ2) is 10.3. The third-order valence-corrected chi connectivity index (χ3v) is 3.79. The molecule has 0 fully saturated rings. The van der Waals surface area contributed by atoms with E-state index < -0.39 is 5.97 Å². The maximum Gasteiger partial charge on any atom is 0.343 e. The summed E-state index contributed by atoms with van der Waals surface area (Å²) in [6.07, 6.45) is 5.56. The van der Waals surface area contributed by atoms with Crippen molar-refractivity contribution in [1.82, 2.24) is 0 Å². The molecule has 0 spiro atoms. The highest BCUT2D eigenvalue weighted by molar-refractivity contribution is 5.91. The highest BCUT2D eigenvalue weighted by atomic mass is 16.5. The molecule has 0 saturated carbocycles. The van der Waals surface area contributed by atoms with Gasteiger partial charge in [-0.1, -0.05) is 50.8 Å². The molecule has 0 saturated heterocycles. The lowest BCUT2D eigenvalue weighted by molar-refractivity contribution is 0.0497. The molecule has 4 nitrogen and oxygen atoms in total. The van der Waals surface area contributed by atoms with Gasteiger partial charge in [-0.25, -0.2) is 9.59 Å². The molecule has 0 unspecified atom stereocenters. The maximum atomic E-state index is 12.0. The van der Waals surface area contributed by atoms with E-state index in [9.17, 15) is 9.59 Å². The minimum absolute atomic E-state index is 0.351. The van der Waals surface area contributed by atoms with E-state index in [1.165, 1.54) is 19.3 Å². The summed E-state index contributed by atoms with van der Waals surface area (Å²) < 4.78 is 10.5. The van der Waals surface area contributed by atoms with Crippen LogP contribution in [0.3, 0.4) is 0 Å². The van der Waals surface area contributed by atoms with Crippen LogP contribution in [-0.4, -0.2) is 18.5 Å². The van der Waals surface area contributed by atoms with Crippen LogP contribution in [0.1, 0.15) is 59.7 Å². The number of ether oxygens (including phenoxy) is 2. The average molecular weight is 340 g/mol. The lowest BCUT2D eigenvalue weighted by atomic mass is 10.2. The van der Waals surface area contributed by atoms with E-state index in [2.05, 4.69) is 6.92 Å². The van der Waals surface area contributed by atoms with Crippen molar-refractivity contribution in [3.05, 3.63) is 65.7 Å².